The first kappa shape index (κ1) is 74.2. The zero-order valence-electron chi connectivity index (χ0n) is 50.2. The molecule has 1 saturated heterocycles. The Morgan fingerprint density at radius 3 is 1.56 bits per heavy atom. The fourth-order valence-electron chi connectivity index (χ4n) is 9.12. The fourth-order valence-corrected chi connectivity index (χ4v) is 9.12. The van der Waals surface area contributed by atoms with Crippen LogP contribution in [0.4, 0.5) is 0 Å². The van der Waals surface area contributed by atoms with Crippen molar-refractivity contribution in [3.63, 3.8) is 0 Å². The number of carbonyl (C=O) groups excluding carboxylic acids is 11. The predicted molar refractivity (Wildman–Crippen MR) is 316 cm³/mol. The molecule has 29 nitrogen and oxygen atoms in total. The molecular weight excluding hydrogens is 1100 g/mol. The van der Waals surface area contributed by atoms with Gasteiger partial charge in [-0.3, -0.25) is 52.7 Å². The Balaban J connectivity index is 2.67. The van der Waals surface area contributed by atoms with Gasteiger partial charge in [0.15, 0.2) is 0 Å². The van der Waals surface area contributed by atoms with Crippen molar-refractivity contribution in [3.8, 4) is 0 Å². The predicted octanol–water partition coefficient (Wildman–Crippen LogP) is -5.24. The number of amides is 11. The third-order valence-electron chi connectivity index (χ3n) is 14.3. The average molecular weight is 1200 g/mol. The fraction of sp³-hybridized carbons (Fsp3) is 0.696. The summed E-state index contributed by atoms with van der Waals surface area (Å²) in [4.78, 5) is 154. The first-order chi connectivity index (χ1) is 40.3. The van der Waals surface area contributed by atoms with E-state index in [0.29, 0.717) is 17.9 Å². The molecule has 85 heavy (non-hydrogen) atoms. The number of hydrogen-bond acceptors (Lipinski definition) is 18. The summed E-state index contributed by atoms with van der Waals surface area (Å²) in [6, 6.07) is -6.23. The maximum absolute atomic E-state index is 14.5. The van der Waals surface area contributed by atoms with Crippen LogP contribution in [-0.2, 0) is 59.2 Å². The molecule has 1 aromatic carbocycles. The highest BCUT2D eigenvalue weighted by Crippen LogP contribution is 2.14. The maximum atomic E-state index is 14.5. The lowest BCUT2D eigenvalue weighted by molar-refractivity contribution is -0.137. The summed E-state index contributed by atoms with van der Waals surface area (Å²) in [6.07, 6.45) is -1.05. The van der Waals surface area contributed by atoms with Crippen molar-refractivity contribution >= 4 is 65.0 Å². The molecule has 0 aliphatic carbocycles. The molecule has 29 heteroatoms. The molecule has 0 radical (unpaired) electrons. The minimum Gasteiger partial charge on any atom is -0.391 e. The van der Waals surface area contributed by atoms with E-state index in [1.807, 2.05) is 0 Å². The third kappa shape index (κ3) is 26.9. The Labute approximate surface area is 498 Å². The minimum absolute atomic E-state index is 0.0173. The van der Waals surface area contributed by atoms with Gasteiger partial charge >= 0.3 is 0 Å². The first-order valence-corrected chi connectivity index (χ1v) is 29.5. The number of hydrogen-bond donors (Lipinski definition) is 18. The molecule has 1 aliphatic heterocycles. The highest BCUT2D eigenvalue weighted by molar-refractivity contribution is 5.99. The van der Waals surface area contributed by atoms with Gasteiger partial charge in [-0.2, -0.15) is 0 Å². The lowest BCUT2D eigenvalue weighted by Crippen LogP contribution is -2.62. The lowest BCUT2D eigenvalue weighted by atomic mass is 10.00. The highest BCUT2D eigenvalue weighted by Gasteiger charge is 2.37. The summed E-state index contributed by atoms with van der Waals surface area (Å²) >= 11 is 0. The molecule has 2 rings (SSSR count). The molecule has 11 amide bonds. The normalized spacial score (nSPS) is 22.9. The second-order valence-corrected chi connectivity index (χ2v) is 22.0. The molecule has 0 aromatic heterocycles. The van der Waals surface area contributed by atoms with Crippen LogP contribution in [0.15, 0.2) is 30.3 Å². The molecule has 13 atom stereocenters. The van der Waals surface area contributed by atoms with Crippen LogP contribution in [0.2, 0.25) is 0 Å². The SMILES string of the molecule is CC[C@H](C)CCCCC(=O)N[C@@H](CCN)C(=O)N[C@H](C(=O)N[C@@H](CCN)C(=O)N[C@H]1CCNC(=O)[C@H]([C@@H](C)O)NC(=O)C(CCN)NC(=O)[C@H](CCN)NC(=O)C(CC(C)C)NC(=O)[C@@H](Cc2ccccc2)NC(=O)C(CCN)NC1=O)[C@@H](C)O. The van der Waals surface area contributed by atoms with Crippen LogP contribution in [0.5, 0.6) is 0 Å². The van der Waals surface area contributed by atoms with Crippen molar-refractivity contribution in [1.82, 2.24) is 58.5 Å². The standard InChI is InChI=1S/C56H98N16O13/c1-7-32(4)13-11-12-16-44(75)63-36(17-23-57)51(80)72-46(34(6)74)56(85)68-39(20-26-60)48(77)67-41-22-28-62-55(84)45(33(5)73)71-52(81)40(21-27-61)65-47(76)37(18-24-58)66-53(82)42(29-31(2)3)69-54(83)43(30-35-14-9-8-10-15-35)70-49(78)38(19-25-59)64-50(41)79/h8-10,14-15,31-34,36-43,45-46,73-74H,7,11-13,16-30,57-61H2,1-6H3,(H,62,84)(H,63,75)(H,64,79)(H,65,76)(H,66,82)(H,67,77)(H,68,85)(H,69,83)(H,70,78)(H,71,81)(H,72,80)/t32-,33+,34+,36-,37-,38?,39-,40?,41-,42?,43+,45-,46-/m0/s1. The third-order valence-corrected chi connectivity index (χ3v) is 14.3. The van der Waals surface area contributed by atoms with Gasteiger partial charge in [-0.1, -0.05) is 77.3 Å². The molecule has 1 aliphatic rings. The van der Waals surface area contributed by atoms with Crippen molar-refractivity contribution in [2.45, 2.75) is 198 Å². The molecular formula is C56H98N16O13. The molecule has 0 saturated carbocycles. The Hall–Kier alpha value is -6.89. The number of benzene rings is 1. The van der Waals surface area contributed by atoms with Gasteiger partial charge in [-0.25, -0.2) is 0 Å². The van der Waals surface area contributed by atoms with E-state index in [9.17, 15) is 63.0 Å². The molecule has 3 unspecified atom stereocenters. The monoisotopic (exact) mass is 1200 g/mol. The van der Waals surface area contributed by atoms with Gasteiger partial charge in [0.05, 0.1) is 12.2 Å². The summed E-state index contributed by atoms with van der Waals surface area (Å²) in [7, 11) is 0. The topological polar surface area (TPSA) is 491 Å². The molecule has 0 spiro atoms. The van der Waals surface area contributed by atoms with Gasteiger partial charge < -0.3 is 97.4 Å². The molecule has 0 bridgehead atoms. The maximum Gasteiger partial charge on any atom is 0.245 e. The van der Waals surface area contributed by atoms with E-state index >= 15 is 0 Å². The van der Waals surface area contributed by atoms with Gasteiger partial charge in [0, 0.05) is 19.4 Å². The summed E-state index contributed by atoms with van der Waals surface area (Å²) < 4.78 is 0. The van der Waals surface area contributed by atoms with Crippen LogP contribution in [0.1, 0.15) is 124 Å². The van der Waals surface area contributed by atoms with Gasteiger partial charge in [0.2, 0.25) is 65.0 Å². The summed E-state index contributed by atoms with van der Waals surface area (Å²) in [5.74, 6) is -9.45. The lowest BCUT2D eigenvalue weighted by Gasteiger charge is -2.29. The van der Waals surface area contributed by atoms with Crippen LogP contribution >= 0.6 is 0 Å². The second-order valence-electron chi connectivity index (χ2n) is 22.0. The van der Waals surface area contributed by atoms with Gasteiger partial charge in [0.1, 0.15) is 60.4 Å². The van der Waals surface area contributed by atoms with Crippen molar-refractivity contribution in [3.05, 3.63) is 35.9 Å². The van der Waals surface area contributed by atoms with Crippen molar-refractivity contribution in [2.75, 3.05) is 39.3 Å². The minimum atomic E-state index is -1.70. The highest BCUT2D eigenvalue weighted by atomic mass is 16.3. The van der Waals surface area contributed by atoms with Crippen LogP contribution in [0.3, 0.4) is 0 Å². The summed E-state index contributed by atoms with van der Waals surface area (Å²) in [5.41, 5.74) is 29.9. The van der Waals surface area contributed by atoms with E-state index in [4.69, 9.17) is 28.7 Å². The van der Waals surface area contributed by atoms with E-state index in [1.165, 1.54) is 13.8 Å². The first-order valence-electron chi connectivity index (χ1n) is 29.5. The number of carbonyl (C=O) groups is 11. The average Bonchev–Trinajstić information content (AvgIpc) is 3.67. The van der Waals surface area contributed by atoms with Gasteiger partial charge in [0.25, 0.3) is 0 Å². The van der Waals surface area contributed by atoms with Gasteiger partial charge in [-0.15, -0.1) is 0 Å². The number of aliphatic hydroxyl groups excluding tert-OH is 2. The van der Waals surface area contributed by atoms with Crippen LogP contribution < -0.4 is 87.2 Å². The Bertz CT molecular complexity index is 2320. The van der Waals surface area contributed by atoms with E-state index in [-0.39, 0.29) is 90.0 Å². The molecule has 23 N–H and O–H groups in total. The smallest absolute Gasteiger partial charge is 0.245 e. The number of nitrogens with one attached hydrogen (secondary N) is 11. The Kier molecular flexibility index (Phi) is 34.6. The van der Waals surface area contributed by atoms with Crippen molar-refractivity contribution < 1.29 is 63.0 Å². The number of nitrogens with two attached hydrogens (primary N) is 5. The van der Waals surface area contributed by atoms with E-state index in [1.54, 1.807) is 44.2 Å². The Morgan fingerprint density at radius 1 is 0.565 bits per heavy atom. The zero-order valence-corrected chi connectivity index (χ0v) is 50.2. The van der Waals surface area contributed by atoms with Crippen molar-refractivity contribution in [1.29, 1.82) is 0 Å². The zero-order chi connectivity index (χ0) is 63.8. The van der Waals surface area contributed by atoms with Gasteiger partial charge in [-0.05, 0) is 115 Å². The van der Waals surface area contributed by atoms with E-state index in [0.717, 1.165) is 19.3 Å². The van der Waals surface area contributed by atoms with Crippen LogP contribution in [-0.4, -0.2) is 187 Å². The summed E-state index contributed by atoms with van der Waals surface area (Å²) in [6.45, 7) is 9.00. The molecule has 480 valence electrons. The number of aliphatic hydroxyl groups is 2. The molecule has 1 heterocycles. The van der Waals surface area contributed by atoms with Crippen molar-refractivity contribution in [2.24, 2.45) is 40.5 Å². The van der Waals surface area contributed by atoms with E-state index < -0.39 is 151 Å². The molecule has 1 aromatic rings. The van der Waals surface area contributed by atoms with Crippen LogP contribution in [0, 0.1) is 11.8 Å². The number of unbranched alkanes of at least 4 members (excludes halogenated alkanes) is 1. The van der Waals surface area contributed by atoms with Crippen LogP contribution in [0.25, 0.3) is 0 Å². The molecule has 1 fully saturated rings. The Morgan fingerprint density at radius 2 is 1.06 bits per heavy atom. The number of rotatable bonds is 29. The largest absolute Gasteiger partial charge is 0.391 e. The summed E-state index contributed by atoms with van der Waals surface area (Å²) in [5, 5.41) is 49.7. The second kappa shape index (κ2) is 39.7. The quantitative estimate of drug-likeness (QED) is 0.0333. The van der Waals surface area contributed by atoms with E-state index in [2.05, 4.69) is 72.3 Å².